The van der Waals surface area contributed by atoms with Gasteiger partial charge in [0, 0.05) is 38.3 Å². The molecule has 2 aromatic rings. The lowest BCUT2D eigenvalue weighted by Gasteiger charge is -2.45. The average molecular weight is 455 g/mol. The van der Waals surface area contributed by atoms with Crippen LogP contribution in [0, 0.1) is 0 Å². The van der Waals surface area contributed by atoms with E-state index in [-0.39, 0.29) is 30.4 Å². The molecule has 1 aromatic heterocycles. The zero-order valence-electron chi connectivity index (χ0n) is 17.6. The van der Waals surface area contributed by atoms with Gasteiger partial charge in [0.05, 0.1) is 30.7 Å². The van der Waals surface area contributed by atoms with E-state index in [1.807, 2.05) is 0 Å². The number of hydrogen-bond acceptors (Lipinski definition) is 5. The predicted octanol–water partition coefficient (Wildman–Crippen LogP) is 3.29. The number of likely N-dealkylation sites (tertiary alicyclic amines) is 1. The van der Waals surface area contributed by atoms with Crippen molar-refractivity contribution in [2.45, 2.75) is 50.9 Å². The van der Waals surface area contributed by atoms with Crippen LogP contribution in [0.4, 0.5) is 0 Å². The van der Waals surface area contributed by atoms with E-state index < -0.39 is 0 Å². The molecule has 1 aromatic carbocycles. The Hall–Kier alpha value is -1.31. The van der Waals surface area contributed by atoms with Gasteiger partial charge in [-0.3, -0.25) is 9.58 Å². The van der Waals surface area contributed by atoms with Crippen molar-refractivity contribution in [1.29, 1.82) is 0 Å². The molecule has 5 rings (SSSR count). The highest BCUT2D eigenvalue weighted by Gasteiger charge is 2.42. The maximum absolute atomic E-state index is 6.42. The summed E-state index contributed by atoms with van der Waals surface area (Å²) in [6.07, 6.45) is 4.15. The van der Waals surface area contributed by atoms with Crippen LogP contribution in [0.2, 0.25) is 0 Å². The minimum atomic E-state index is -0.189. The Bertz CT molecular complexity index is 812. The molecule has 0 atom stereocenters. The van der Waals surface area contributed by atoms with Gasteiger partial charge in [0.25, 0.3) is 0 Å². The monoisotopic (exact) mass is 454 g/mol. The number of halogens is 2. The van der Waals surface area contributed by atoms with Crippen LogP contribution in [-0.2, 0) is 36.4 Å². The van der Waals surface area contributed by atoms with Crippen molar-refractivity contribution in [3.63, 3.8) is 0 Å². The van der Waals surface area contributed by atoms with Crippen molar-refractivity contribution in [3.05, 3.63) is 46.8 Å². The lowest BCUT2D eigenvalue weighted by Crippen LogP contribution is -2.46. The van der Waals surface area contributed by atoms with Crippen LogP contribution in [0.3, 0.4) is 0 Å². The second-order valence-corrected chi connectivity index (χ2v) is 8.24. The van der Waals surface area contributed by atoms with Crippen molar-refractivity contribution >= 4 is 24.8 Å². The lowest BCUT2D eigenvalue weighted by molar-refractivity contribution is -0.100. The number of nitrogens with one attached hydrogen (secondary N) is 1. The minimum absolute atomic E-state index is 0. The highest BCUT2D eigenvalue weighted by Crippen LogP contribution is 2.45. The molecule has 0 amide bonds. The van der Waals surface area contributed by atoms with E-state index in [0.29, 0.717) is 0 Å². The van der Waals surface area contributed by atoms with Crippen molar-refractivity contribution in [2.24, 2.45) is 0 Å². The van der Waals surface area contributed by atoms with Crippen LogP contribution in [0.1, 0.15) is 41.8 Å². The minimum Gasteiger partial charge on any atom is -0.496 e. The van der Waals surface area contributed by atoms with Crippen LogP contribution in [0.5, 0.6) is 5.75 Å². The third kappa shape index (κ3) is 4.34. The Balaban J connectivity index is 0.00000128. The molecule has 30 heavy (non-hydrogen) atoms. The van der Waals surface area contributed by atoms with E-state index in [0.717, 1.165) is 77.3 Å². The van der Waals surface area contributed by atoms with Crippen LogP contribution in [-0.4, -0.2) is 48.0 Å². The SMILES string of the molecule is COc1cccc2c1C1(CCN(Cc3cc4n(n3)CCCNC4)CC1)OCC2.Cl.Cl. The highest BCUT2D eigenvalue weighted by atomic mass is 35.5. The Morgan fingerprint density at radius 1 is 1.20 bits per heavy atom. The summed E-state index contributed by atoms with van der Waals surface area (Å²) >= 11 is 0. The average Bonchev–Trinajstić information content (AvgIpc) is 2.97. The maximum Gasteiger partial charge on any atom is 0.125 e. The summed E-state index contributed by atoms with van der Waals surface area (Å²) in [5.74, 6) is 0.982. The molecule has 1 saturated heterocycles. The molecule has 0 radical (unpaired) electrons. The quantitative estimate of drug-likeness (QED) is 0.770. The number of piperidine rings is 1. The number of ether oxygens (including phenoxy) is 2. The van der Waals surface area contributed by atoms with E-state index in [4.69, 9.17) is 14.6 Å². The maximum atomic E-state index is 6.42. The number of nitrogens with zero attached hydrogens (tertiary/aromatic N) is 3. The molecular weight excluding hydrogens is 423 g/mol. The molecule has 166 valence electrons. The Kier molecular flexibility index (Phi) is 7.69. The number of fused-ring (bicyclic) bond motifs is 3. The van der Waals surface area contributed by atoms with E-state index >= 15 is 0 Å². The van der Waals surface area contributed by atoms with Crippen molar-refractivity contribution in [2.75, 3.05) is 33.4 Å². The van der Waals surface area contributed by atoms with Crippen molar-refractivity contribution < 1.29 is 9.47 Å². The van der Waals surface area contributed by atoms with Gasteiger partial charge in [-0.05, 0) is 49.9 Å². The first kappa shape index (κ1) is 23.4. The summed E-state index contributed by atoms with van der Waals surface area (Å²) in [6.45, 7) is 6.82. The third-order valence-electron chi connectivity index (χ3n) is 6.53. The van der Waals surface area contributed by atoms with Crippen molar-refractivity contribution in [3.8, 4) is 5.75 Å². The summed E-state index contributed by atoms with van der Waals surface area (Å²) in [4.78, 5) is 2.52. The molecule has 1 spiro atoms. The summed E-state index contributed by atoms with van der Waals surface area (Å²) < 4.78 is 14.3. The largest absolute Gasteiger partial charge is 0.496 e. The molecule has 3 aliphatic rings. The van der Waals surface area contributed by atoms with Gasteiger partial charge >= 0.3 is 0 Å². The number of rotatable bonds is 3. The number of hydrogen-bond donors (Lipinski definition) is 1. The number of benzene rings is 1. The Labute approximate surface area is 191 Å². The molecule has 4 heterocycles. The fourth-order valence-electron chi connectivity index (χ4n) is 5.09. The topological polar surface area (TPSA) is 51.5 Å². The van der Waals surface area contributed by atoms with E-state index in [1.54, 1.807) is 7.11 Å². The molecule has 8 heteroatoms. The molecule has 3 aliphatic heterocycles. The summed E-state index contributed by atoms with van der Waals surface area (Å²) in [5.41, 5.74) is 5.01. The van der Waals surface area contributed by atoms with Crippen LogP contribution in [0.25, 0.3) is 0 Å². The molecular formula is C22H32Cl2N4O2. The van der Waals surface area contributed by atoms with E-state index in [2.05, 4.69) is 39.2 Å². The normalized spacial score (nSPS) is 20.3. The van der Waals surface area contributed by atoms with Gasteiger partial charge in [-0.1, -0.05) is 12.1 Å². The molecule has 0 aliphatic carbocycles. The fraction of sp³-hybridized carbons (Fsp3) is 0.591. The second-order valence-electron chi connectivity index (χ2n) is 8.24. The zero-order valence-corrected chi connectivity index (χ0v) is 19.2. The zero-order chi connectivity index (χ0) is 19.0. The summed E-state index contributed by atoms with van der Waals surface area (Å²) in [6, 6.07) is 8.69. The van der Waals surface area contributed by atoms with Gasteiger partial charge in [0.2, 0.25) is 0 Å². The Morgan fingerprint density at radius 3 is 2.83 bits per heavy atom. The lowest BCUT2D eigenvalue weighted by atomic mass is 9.78. The first-order valence-corrected chi connectivity index (χ1v) is 10.6. The fourth-order valence-corrected chi connectivity index (χ4v) is 5.09. The van der Waals surface area contributed by atoms with Crippen LogP contribution in [0.15, 0.2) is 24.3 Å². The van der Waals surface area contributed by atoms with Gasteiger partial charge in [-0.15, -0.1) is 24.8 Å². The molecule has 6 nitrogen and oxygen atoms in total. The molecule has 1 N–H and O–H groups in total. The molecule has 0 bridgehead atoms. The standard InChI is InChI=1S/C22H30N4O2.2ClH/c1-27-20-5-2-4-17-6-13-28-22(21(17)20)7-11-25(12-8-22)16-18-14-19-15-23-9-3-10-26(19)24-18;;/h2,4-5,14,23H,3,6-13,15-16H2,1H3;2*1H. The van der Waals surface area contributed by atoms with Crippen LogP contribution < -0.4 is 10.1 Å². The molecule has 0 saturated carbocycles. The first-order chi connectivity index (χ1) is 13.8. The van der Waals surface area contributed by atoms with Gasteiger partial charge in [0.15, 0.2) is 0 Å². The number of aromatic nitrogens is 2. The predicted molar refractivity (Wildman–Crippen MR) is 122 cm³/mol. The summed E-state index contributed by atoms with van der Waals surface area (Å²) in [7, 11) is 1.77. The van der Waals surface area contributed by atoms with Gasteiger partial charge in [-0.2, -0.15) is 5.10 Å². The van der Waals surface area contributed by atoms with Crippen LogP contribution >= 0.6 is 24.8 Å². The number of methoxy groups -OCH3 is 1. The molecule has 1 fully saturated rings. The van der Waals surface area contributed by atoms with Gasteiger partial charge in [0.1, 0.15) is 5.75 Å². The van der Waals surface area contributed by atoms with Gasteiger partial charge in [-0.25, -0.2) is 0 Å². The number of aryl methyl sites for hydroxylation is 1. The smallest absolute Gasteiger partial charge is 0.125 e. The van der Waals surface area contributed by atoms with E-state index in [9.17, 15) is 0 Å². The second kappa shape index (κ2) is 9.88. The Morgan fingerprint density at radius 2 is 2.03 bits per heavy atom. The highest BCUT2D eigenvalue weighted by molar-refractivity contribution is 5.85. The third-order valence-corrected chi connectivity index (χ3v) is 6.53. The van der Waals surface area contributed by atoms with E-state index in [1.165, 1.54) is 22.5 Å². The van der Waals surface area contributed by atoms with Gasteiger partial charge < -0.3 is 14.8 Å². The first-order valence-electron chi connectivity index (χ1n) is 10.6. The summed E-state index contributed by atoms with van der Waals surface area (Å²) in [5, 5.41) is 8.33. The van der Waals surface area contributed by atoms with Crippen molar-refractivity contribution in [1.82, 2.24) is 20.0 Å². The molecule has 0 unspecified atom stereocenters.